The van der Waals surface area contributed by atoms with Crippen LogP contribution in [0.15, 0.2) is 41.4 Å². The first-order valence-electron chi connectivity index (χ1n) is 10.3. The molecule has 0 spiro atoms. The molecule has 172 valence electrons. The van der Waals surface area contributed by atoms with Crippen LogP contribution in [0.2, 0.25) is 0 Å². The van der Waals surface area contributed by atoms with E-state index in [1.54, 1.807) is 48.1 Å². The van der Waals surface area contributed by atoms with E-state index >= 15 is 0 Å². The van der Waals surface area contributed by atoms with Crippen molar-refractivity contribution in [1.82, 2.24) is 14.2 Å². The molecule has 1 aliphatic heterocycles. The van der Waals surface area contributed by atoms with Crippen LogP contribution >= 0.6 is 0 Å². The van der Waals surface area contributed by atoms with Crippen molar-refractivity contribution < 1.29 is 27.5 Å². The Bertz CT molecular complexity index is 1130. The van der Waals surface area contributed by atoms with Gasteiger partial charge in [-0.15, -0.1) is 0 Å². The fraction of sp³-hybridized carbons (Fsp3) is 0.409. The van der Waals surface area contributed by atoms with Crippen LogP contribution < -0.4 is 5.32 Å². The number of esters is 1. The second-order valence-corrected chi connectivity index (χ2v) is 9.85. The molecular formula is C22H27N3O6S. The number of carbonyl (C=O) groups is 3. The summed E-state index contributed by atoms with van der Waals surface area (Å²) in [6.07, 6.45) is 2.27. The number of aryl methyl sites for hydroxylation is 3. The third kappa shape index (κ3) is 5.25. The molecule has 1 fully saturated rings. The van der Waals surface area contributed by atoms with Crippen LogP contribution in [0.1, 0.15) is 34.5 Å². The standard InChI is InChI=1S/C22H27N3O6S/c1-15-6-7-18(13-16(15)2)32(29,30)25-11-8-17(9-12-25)22(28)31-14-20(26)23-21(27)19-5-4-10-24(19)3/h4-7,10,13,17H,8-9,11-12,14H2,1-3H3,(H,23,26,27). The van der Waals surface area contributed by atoms with Crippen LogP contribution in [0.4, 0.5) is 0 Å². The Kier molecular flexibility index (Phi) is 7.15. The van der Waals surface area contributed by atoms with Crippen LogP contribution in [0.5, 0.6) is 0 Å². The van der Waals surface area contributed by atoms with Crippen molar-refractivity contribution in [3.8, 4) is 0 Å². The summed E-state index contributed by atoms with van der Waals surface area (Å²) in [5.41, 5.74) is 2.22. The third-order valence-electron chi connectivity index (χ3n) is 5.68. The number of piperidine rings is 1. The molecule has 2 amide bonds. The summed E-state index contributed by atoms with van der Waals surface area (Å²) in [5.74, 6) is -2.38. The molecular weight excluding hydrogens is 434 g/mol. The molecule has 0 aliphatic carbocycles. The molecule has 0 atom stereocenters. The van der Waals surface area contributed by atoms with Gasteiger partial charge in [-0.05, 0) is 62.1 Å². The van der Waals surface area contributed by atoms with Crippen molar-refractivity contribution in [2.75, 3.05) is 19.7 Å². The molecule has 1 saturated heterocycles. The molecule has 0 saturated carbocycles. The zero-order valence-corrected chi connectivity index (χ0v) is 19.1. The smallest absolute Gasteiger partial charge is 0.309 e. The summed E-state index contributed by atoms with van der Waals surface area (Å²) >= 11 is 0. The summed E-state index contributed by atoms with van der Waals surface area (Å²) in [6, 6.07) is 8.26. The summed E-state index contributed by atoms with van der Waals surface area (Å²) < 4.78 is 33.8. The fourth-order valence-electron chi connectivity index (χ4n) is 3.53. The average Bonchev–Trinajstić information content (AvgIpc) is 3.20. The van der Waals surface area contributed by atoms with Gasteiger partial charge in [0, 0.05) is 26.3 Å². The average molecular weight is 462 g/mol. The first kappa shape index (κ1) is 23.7. The highest BCUT2D eigenvalue weighted by atomic mass is 32.2. The number of aromatic nitrogens is 1. The van der Waals surface area contributed by atoms with Crippen molar-refractivity contribution in [3.05, 3.63) is 53.3 Å². The number of nitrogens with one attached hydrogen (secondary N) is 1. The molecule has 10 heteroatoms. The van der Waals surface area contributed by atoms with Crippen LogP contribution in [0.25, 0.3) is 0 Å². The molecule has 0 unspecified atom stereocenters. The SMILES string of the molecule is Cc1ccc(S(=O)(=O)N2CCC(C(=O)OCC(=O)NC(=O)c3cccn3C)CC2)cc1C. The highest BCUT2D eigenvalue weighted by molar-refractivity contribution is 7.89. The van der Waals surface area contributed by atoms with E-state index in [1.165, 1.54) is 4.31 Å². The number of nitrogens with zero attached hydrogens (tertiary/aromatic N) is 2. The molecule has 0 radical (unpaired) electrons. The van der Waals surface area contributed by atoms with Crippen molar-refractivity contribution in [1.29, 1.82) is 0 Å². The van der Waals surface area contributed by atoms with Gasteiger partial charge in [-0.3, -0.25) is 19.7 Å². The Morgan fingerprint density at radius 2 is 1.78 bits per heavy atom. The van der Waals surface area contributed by atoms with Gasteiger partial charge in [0.2, 0.25) is 10.0 Å². The molecule has 9 nitrogen and oxygen atoms in total. The van der Waals surface area contributed by atoms with Crippen molar-refractivity contribution in [3.63, 3.8) is 0 Å². The number of carbonyl (C=O) groups excluding carboxylic acids is 3. The first-order chi connectivity index (χ1) is 15.1. The van der Waals surface area contributed by atoms with Crippen LogP contribution in [-0.2, 0) is 31.4 Å². The first-order valence-corrected chi connectivity index (χ1v) is 11.7. The Morgan fingerprint density at radius 3 is 2.38 bits per heavy atom. The molecule has 32 heavy (non-hydrogen) atoms. The maximum absolute atomic E-state index is 12.9. The zero-order chi connectivity index (χ0) is 23.5. The van der Waals surface area contributed by atoms with Crippen LogP contribution in [0.3, 0.4) is 0 Å². The molecule has 1 aromatic carbocycles. The van der Waals surface area contributed by atoms with Crippen molar-refractivity contribution in [2.24, 2.45) is 13.0 Å². The lowest BCUT2D eigenvalue weighted by molar-refractivity contribution is -0.153. The Balaban J connectivity index is 1.49. The van der Waals surface area contributed by atoms with E-state index < -0.39 is 40.3 Å². The molecule has 1 aliphatic rings. The number of hydrogen-bond donors (Lipinski definition) is 1. The number of ether oxygens (including phenoxy) is 1. The maximum Gasteiger partial charge on any atom is 0.309 e. The summed E-state index contributed by atoms with van der Waals surface area (Å²) in [6.45, 7) is 3.58. The minimum atomic E-state index is -3.64. The fourth-order valence-corrected chi connectivity index (χ4v) is 5.09. The van der Waals surface area contributed by atoms with E-state index in [9.17, 15) is 22.8 Å². The van der Waals surface area contributed by atoms with Crippen molar-refractivity contribution in [2.45, 2.75) is 31.6 Å². The van der Waals surface area contributed by atoms with E-state index in [1.807, 2.05) is 13.8 Å². The van der Waals surface area contributed by atoms with Crippen LogP contribution in [-0.4, -0.2) is 54.8 Å². The number of imide groups is 1. The van der Waals surface area contributed by atoms with E-state index in [0.29, 0.717) is 18.5 Å². The highest BCUT2D eigenvalue weighted by Crippen LogP contribution is 2.25. The molecule has 1 aromatic heterocycles. The predicted molar refractivity (Wildman–Crippen MR) is 116 cm³/mol. The lowest BCUT2D eigenvalue weighted by atomic mass is 9.98. The van der Waals surface area contributed by atoms with Gasteiger partial charge in [0.1, 0.15) is 5.69 Å². The second-order valence-electron chi connectivity index (χ2n) is 7.91. The Labute approximate surface area is 187 Å². The predicted octanol–water partition coefficient (Wildman–Crippen LogP) is 1.54. The minimum absolute atomic E-state index is 0.188. The second kappa shape index (κ2) is 9.66. The molecule has 0 bridgehead atoms. The van der Waals surface area contributed by atoms with Gasteiger partial charge < -0.3 is 9.30 Å². The topological polar surface area (TPSA) is 115 Å². The molecule has 1 N–H and O–H groups in total. The Hall–Kier alpha value is -2.98. The Morgan fingerprint density at radius 1 is 1.09 bits per heavy atom. The largest absolute Gasteiger partial charge is 0.455 e. The van der Waals surface area contributed by atoms with Crippen LogP contribution in [0, 0.1) is 19.8 Å². The van der Waals surface area contributed by atoms with Gasteiger partial charge >= 0.3 is 5.97 Å². The van der Waals surface area contributed by atoms with E-state index in [2.05, 4.69) is 5.32 Å². The van der Waals surface area contributed by atoms with Gasteiger partial charge in [-0.25, -0.2) is 8.42 Å². The lowest BCUT2D eigenvalue weighted by Gasteiger charge is -2.30. The number of hydrogen-bond acceptors (Lipinski definition) is 6. The zero-order valence-electron chi connectivity index (χ0n) is 18.3. The molecule has 2 aromatic rings. The van der Waals surface area contributed by atoms with Gasteiger partial charge in [0.25, 0.3) is 11.8 Å². The third-order valence-corrected chi connectivity index (χ3v) is 7.57. The van der Waals surface area contributed by atoms with E-state index in [4.69, 9.17) is 4.74 Å². The molecule has 2 heterocycles. The van der Waals surface area contributed by atoms with Crippen molar-refractivity contribution >= 4 is 27.8 Å². The lowest BCUT2D eigenvalue weighted by Crippen LogP contribution is -2.41. The van der Waals surface area contributed by atoms with Gasteiger partial charge in [-0.2, -0.15) is 4.31 Å². The summed E-state index contributed by atoms with van der Waals surface area (Å²) in [4.78, 5) is 36.5. The summed E-state index contributed by atoms with van der Waals surface area (Å²) in [7, 11) is -1.96. The summed E-state index contributed by atoms with van der Waals surface area (Å²) in [5, 5.41) is 2.17. The van der Waals surface area contributed by atoms with E-state index in [-0.39, 0.29) is 18.0 Å². The number of sulfonamides is 1. The number of amides is 2. The van der Waals surface area contributed by atoms with Gasteiger partial charge in [0.15, 0.2) is 6.61 Å². The monoisotopic (exact) mass is 461 g/mol. The highest BCUT2D eigenvalue weighted by Gasteiger charge is 2.33. The van der Waals surface area contributed by atoms with E-state index in [0.717, 1.165) is 11.1 Å². The maximum atomic E-state index is 12.9. The van der Waals surface area contributed by atoms with Gasteiger partial charge in [0.05, 0.1) is 10.8 Å². The minimum Gasteiger partial charge on any atom is -0.455 e. The molecule has 3 rings (SSSR count). The number of rotatable bonds is 6. The number of benzene rings is 1. The normalized spacial score (nSPS) is 15.3. The quantitative estimate of drug-likeness (QED) is 0.653. The van der Waals surface area contributed by atoms with Gasteiger partial charge in [-0.1, -0.05) is 6.07 Å².